The summed E-state index contributed by atoms with van der Waals surface area (Å²) < 4.78 is 5.54. The number of methoxy groups -OCH3 is 1. The van der Waals surface area contributed by atoms with Crippen LogP contribution in [0.4, 0.5) is 17.5 Å². The summed E-state index contributed by atoms with van der Waals surface area (Å²) in [5, 5.41) is 10.5. The van der Waals surface area contributed by atoms with Gasteiger partial charge in [-0.1, -0.05) is 42.5 Å². The predicted molar refractivity (Wildman–Crippen MR) is 137 cm³/mol. The third-order valence-corrected chi connectivity index (χ3v) is 7.11. The first-order valence-corrected chi connectivity index (χ1v) is 12.6. The van der Waals surface area contributed by atoms with E-state index in [1.807, 2.05) is 0 Å². The first-order chi connectivity index (χ1) is 16.4. The Bertz CT molecular complexity index is 1010. The van der Waals surface area contributed by atoms with E-state index in [2.05, 4.69) is 37.9 Å². The van der Waals surface area contributed by atoms with Crippen molar-refractivity contribution in [2.75, 3.05) is 37.9 Å². The molecular weight excluding hydrogens is 475 g/mol. The zero-order chi connectivity index (χ0) is 24.1. The quantitative estimate of drug-likeness (QED) is 0.480. The summed E-state index contributed by atoms with van der Waals surface area (Å²) in [5.74, 6) is 1.23. The van der Waals surface area contributed by atoms with E-state index in [0.29, 0.717) is 44.9 Å². The summed E-state index contributed by atoms with van der Waals surface area (Å²) >= 11 is 12.8. The Morgan fingerprint density at radius 1 is 1.06 bits per heavy atom. The van der Waals surface area contributed by atoms with Crippen LogP contribution < -0.4 is 20.7 Å². The molecule has 0 atom stereocenters. The molecule has 3 N–H and O–H groups in total. The van der Waals surface area contributed by atoms with E-state index in [1.165, 1.54) is 19.3 Å². The fourth-order valence-corrected chi connectivity index (χ4v) is 4.89. The minimum atomic E-state index is -0.203. The highest BCUT2D eigenvalue weighted by Gasteiger charge is 2.22. The van der Waals surface area contributed by atoms with Gasteiger partial charge in [0, 0.05) is 12.1 Å². The number of hydrogen-bond donors (Lipinski definition) is 3. The number of benzene rings is 1. The molecule has 1 saturated carbocycles. The van der Waals surface area contributed by atoms with Gasteiger partial charge in [0.05, 0.1) is 29.6 Å². The van der Waals surface area contributed by atoms with Crippen molar-refractivity contribution >= 4 is 46.6 Å². The summed E-state index contributed by atoms with van der Waals surface area (Å²) in [6, 6.07) is 3.81. The zero-order valence-electron chi connectivity index (χ0n) is 19.7. The number of nitrogens with zero attached hydrogens (tertiary/aromatic N) is 3. The third-order valence-electron chi connectivity index (χ3n) is 6.52. The van der Waals surface area contributed by atoms with Crippen molar-refractivity contribution < 1.29 is 9.53 Å². The molecule has 0 radical (unpaired) electrons. The van der Waals surface area contributed by atoms with Crippen molar-refractivity contribution in [3.63, 3.8) is 0 Å². The summed E-state index contributed by atoms with van der Waals surface area (Å²) in [7, 11) is 3.64. The number of carbonyl (C=O) groups excluding carboxylic acids is 1. The normalized spacial score (nSPS) is 17.9. The maximum atomic E-state index is 12.9. The SMILES string of the molecule is COc1cc(C(=O)NC2CCN(C)CC2)c(Cl)cc1Nc1ncc(Cl)c(NC2CCCCC2)n1. The summed E-state index contributed by atoms with van der Waals surface area (Å²) in [6.45, 7) is 1.92. The summed E-state index contributed by atoms with van der Waals surface area (Å²) in [5.41, 5.74) is 0.939. The molecule has 0 unspecified atom stereocenters. The Labute approximate surface area is 210 Å². The minimum Gasteiger partial charge on any atom is -0.495 e. The molecule has 184 valence electrons. The number of likely N-dealkylation sites (tertiary alicyclic amines) is 1. The number of anilines is 3. The lowest BCUT2D eigenvalue weighted by molar-refractivity contribution is 0.0916. The van der Waals surface area contributed by atoms with Crippen molar-refractivity contribution in [2.45, 2.75) is 57.0 Å². The Balaban J connectivity index is 1.48. The van der Waals surface area contributed by atoms with Crippen LogP contribution in [-0.4, -0.2) is 60.1 Å². The number of rotatable bonds is 7. The number of halogens is 2. The minimum absolute atomic E-state index is 0.140. The number of ether oxygens (including phenoxy) is 1. The van der Waals surface area contributed by atoms with E-state index in [-0.39, 0.29) is 11.9 Å². The molecule has 1 aromatic carbocycles. The van der Waals surface area contributed by atoms with Crippen LogP contribution in [0.15, 0.2) is 18.3 Å². The van der Waals surface area contributed by atoms with Crippen LogP contribution >= 0.6 is 23.2 Å². The van der Waals surface area contributed by atoms with E-state index in [0.717, 1.165) is 38.8 Å². The fraction of sp³-hybridized carbons (Fsp3) is 0.542. The smallest absolute Gasteiger partial charge is 0.253 e. The number of nitrogens with one attached hydrogen (secondary N) is 3. The lowest BCUT2D eigenvalue weighted by Gasteiger charge is -2.29. The number of aromatic nitrogens is 2. The molecule has 10 heteroatoms. The molecule has 8 nitrogen and oxygen atoms in total. The Hall–Kier alpha value is -2.29. The molecule has 0 spiro atoms. The molecular formula is C24H32Cl2N6O2. The molecule has 0 bridgehead atoms. The van der Waals surface area contributed by atoms with Gasteiger partial charge in [-0.05, 0) is 58.0 Å². The van der Waals surface area contributed by atoms with E-state index >= 15 is 0 Å². The van der Waals surface area contributed by atoms with Crippen molar-refractivity contribution in [1.29, 1.82) is 0 Å². The third kappa shape index (κ3) is 6.23. The Kier molecular flexibility index (Phi) is 8.34. The topological polar surface area (TPSA) is 91.4 Å². The first kappa shape index (κ1) is 24.8. The van der Waals surface area contributed by atoms with Gasteiger partial charge in [0.1, 0.15) is 10.8 Å². The van der Waals surface area contributed by atoms with Gasteiger partial charge in [-0.25, -0.2) is 4.98 Å². The predicted octanol–water partition coefficient (Wildman–Crippen LogP) is 5.10. The van der Waals surface area contributed by atoms with Gasteiger partial charge < -0.3 is 25.6 Å². The average molecular weight is 507 g/mol. The van der Waals surface area contributed by atoms with Crippen LogP contribution in [0.5, 0.6) is 5.75 Å². The van der Waals surface area contributed by atoms with Crippen LogP contribution in [0.25, 0.3) is 0 Å². The van der Waals surface area contributed by atoms with Gasteiger partial charge in [-0.3, -0.25) is 4.79 Å². The number of carbonyl (C=O) groups is 1. The van der Waals surface area contributed by atoms with Crippen molar-refractivity contribution in [3.05, 3.63) is 33.9 Å². The standard InChI is InChI=1S/C24H32Cl2N6O2/c1-32-10-8-16(9-11-32)29-23(33)17-12-21(34-2)20(13-18(17)25)30-24-27-14-19(26)22(31-24)28-15-6-4-3-5-7-15/h12-16H,3-11H2,1-2H3,(H,29,33)(H2,27,28,30,31). The van der Waals surface area contributed by atoms with Crippen LogP contribution in [0.2, 0.25) is 10.0 Å². The van der Waals surface area contributed by atoms with Gasteiger partial charge in [0.2, 0.25) is 5.95 Å². The van der Waals surface area contributed by atoms with Crippen LogP contribution in [0.3, 0.4) is 0 Å². The second kappa shape index (κ2) is 11.4. The molecule has 1 aliphatic carbocycles. The molecule has 2 aromatic rings. The van der Waals surface area contributed by atoms with E-state index in [9.17, 15) is 4.79 Å². The molecule has 1 saturated heterocycles. The number of piperidine rings is 1. The van der Waals surface area contributed by atoms with E-state index in [4.69, 9.17) is 27.9 Å². The molecule has 2 fully saturated rings. The second-order valence-electron chi connectivity index (χ2n) is 9.08. The molecule has 34 heavy (non-hydrogen) atoms. The van der Waals surface area contributed by atoms with Gasteiger partial charge in [-0.15, -0.1) is 0 Å². The summed E-state index contributed by atoms with van der Waals surface area (Å²) in [4.78, 5) is 24.0. The van der Waals surface area contributed by atoms with Crippen LogP contribution in [-0.2, 0) is 0 Å². The molecule has 1 aromatic heterocycles. The lowest BCUT2D eigenvalue weighted by atomic mass is 9.95. The second-order valence-corrected chi connectivity index (χ2v) is 9.89. The molecule has 2 aliphatic rings. The average Bonchev–Trinajstić information content (AvgIpc) is 2.83. The van der Waals surface area contributed by atoms with Crippen LogP contribution in [0, 0.1) is 0 Å². The zero-order valence-corrected chi connectivity index (χ0v) is 21.2. The van der Waals surface area contributed by atoms with Crippen molar-refractivity contribution in [3.8, 4) is 5.75 Å². The molecule has 2 heterocycles. The maximum absolute atomic E-state index is 12.9. The largest absolute Gasteiger partial charge is 0.495 e. The number of amides is 1. The van der Waals surface area contributed by atoms with Crippen molar-refractivity contribution in [1.82, 2.24) is 20.2 Å². The molecule has 4 rings (SSSR count). The Morgan fingerprint density at radius 3 is 2.50 bits per heavy atom. The maximum Gasteiger partial charge on any atom is 0.253 e. The highest BCUT2D eigenvalue weighted by Crippen LogP contribution is 2.34. The highest BCUT2D eigenvalue weighted by molar-refractivity contribution is 6.34. The van der Waals surface area contributed by atoms with Crippen molar-refractivity contribution in [2.24, 2.45) is 0 Å². The van der Waals surface area contributed by atoms with E-state index < -0.39 is 0 Å². The van der Waals surface area contributed by atoms with Gasteiger partial charge in [0.25, 0.3) is 5.91 Å². The Morgan fingerprint density at radius 2 is 1.79 bits per heavy atom. The molecule has 1 aliphatic heterocycles. The van der Waals surface area contributed by atoms with Gasteiger partial charge in [0.15, 0.2) is 5.82 Å². The summed E-state index contributed by atoms with van der Waals surface area (Å²) in [6.07, 6.45) is 9.30. The van der Waals surface area contributed by atoms with Gasteiger partial charge >= 0.3 is 0 Å². The first-order valence-electron chi connectivity index (χ1n) is 11.9. The monoisotopic (exact) mass is 506 g/mol. The van der Waals surface area contributed by atoms with E-state index in [1.54, 1.807) is 25.4 Å². The number of hydrogen-bond acceptors (Lipinski definition) is 7. The molecule has 1 amide bonds. The lowest BCUT2D eigenvalue weighted by Crippen LogP contribution is -2.43. The fourth-order valence-electron chi connectivity index (χ4n) is 4.50. The van der Waals surface area contributed by atoms with Crippen LogP contribution in [0.1, 0.15) is 55.3 Å². The highest BCUT2D eigenvalue weighted by atomic mass is 35.5. The van der Waals surface area contributed by atoms with Gasteiger partial charge in [-0.2, -0.15) is 4.98 Å².